The average Bonchev–Trinajstić information content (AvgIpc) is 2.78. The van der Waals surface area contributed by atoms with Crippen LogP contribution in [0.2, 0.25) is 0 Å². The fourth-order valence-electron chi connectivity index (χ4n) is 1.85. The third-order valence-corrected chi connectivity index (χ3v) is 2.90. The van der Waals surface area contributed by atoms with Crippen molar-refractivity contribution in [2.45, 2.75) is 25.6 Å². The van der Waals surface area contributed by atoms with Gasteiger partial charge < -0.3 is 4.90 Å². The molecule has 0 spiro atoms. The van der Waals surface area contributed by atoms with Crippen LogP contribution < -0.4 is 0 Å². The second-order valence-electron chi connectivity index (χ2n) is 4.32. The average molecular weight is 275 g/mol. The van der Waals surface area contributed by atoms with E-state index in [1.807, 2.05) is 0 Å². The molecule has 0 aliphatic carbocycles. The van der Waals surface area contributed by atoms with Crippen molar-refractivity contribution in [1.82, 2.24) is 14.7 Å². The molecule has 1 aliphatic rings. The minimum absolute atomic E-state index is 0.0995. The highest BCUT2D eigenvalue weighted by atomic mass is 19.4. The van der Waals surface area contributed by atoms with Crippen molar-refractivity contribution >= 4 is 11.7 Å². The molecule has 1 fully saturated rings. The van der Waals surface area contributed by atoms with Crippen molar-refractivity contribution in [3.8, 4) is 0 Å². The molecule has 0 aromatic carbocycles. The summed E-state index contributed by atoms with van der Waals surface area (Å²) in [7, 11) is 0. The predicted molar refractivity (Wildman–Crippen MR) is 58.1 cm³/mol. The van der Waals surface area contributed by atoms with Gasteiger partial charge in [-0.15, -0.1) is 0 Å². The molecule has 0 radical (unpaired) electrons. The van der Waals surface area contributed by atoms with Crippen LogP contribution in [0.15, 0.2) is 12.3 Å². The third kappa shape index (κ3) is 3.33. The number of carbonyl (C=O) groups excluding carboxylic acids is 2. The molecule has 104 valence electrons. The van der Waals surface area contributed by atoms with Crippen LogP contribution in [0.1, 0.15) is 18.5 Å². The largest absolute Gasteiger partial charge is 0.435 e. The Morgan fingerprint density at radius 1 is 1.32 bits per heavy atom. The Bertz CT molecular complexity index is 486. The van der Waals surface area contributed by atoms with Gasteiger partial charge in [0.25, 0.3) is 0 Å². The summed E-state index contributed by atoms with van der Waals surface area (Å²) in [6.45, 7) is 0.403. The summed E-state index contributed by atoms with van der Waals surface area (Å²) in [5.74, 6) is -0.230. The van der Waals surface area contributed by atoms with Crippen LogP contribution in [0.25, 0.3) is 0 Å². The van der Waals surface area contributed by atoms with Crippen LogP contribution in [0, 0.1) is 0 Å². The maximum atomic E-state index is 12.3. The zero-order valence-electron chi connectivity index (χ0n) is 9.98. The molecule has 1 saturated heterocycles. The first-order valence-corrected chi connectivity index (χ1v) is 5.76. The summed E-state index contributed by atoms with van der Waals surface area (Å²) in [6, 6.07) is 0.826. The van der Waals surface area contributed by atoms with Crippen molar-refractivity contribution in [3.63, 3.8) is 0 Å². The number of hydrogen-bond acceptors (Lipinski definition) is 3. The minimum Gasteiger partial charge on any atom is -0.340 e. The van der Waals surface area contributed by atoms with Crippen molar-refractivity contribution in [2.75, 3.05) is 13.1 Å². The summed E-state index contributed by atoms with van der Waals surface area (Å²) >= 11 is 0. The monoisotopic (exact) mass is 275 g/mol. The van der Waals surface area contributed by atoms with Gasteiger partial charge in [-0.2, -0.15) is 18.3 Å². The van der Waals surface area contributed by atoms with E-state index < -0.39 is 11.9 Å². The first-order valence-electron chi connectivity index (χ1n) is 5.76. The van der Waals surface area contributed by atoms with Gasteiger partial charge in [-0.3, -0.25) is 14.3 Å². The number of Topliss-reactive ketones (excluding diaryl/α,β-unsaturated/α-hetero) is 1. The zero-order valence-corrected chi connectivity index (χ0v) is 9.98. The molecular formula is C11H12F3N3O2. The molecule has 1 aliphatic heterocycles. The first kappa shape index (κ1) is 13.6. The highest BCUT2D eigenvalue weighted by molar-refractivity contribution is 5.83. The van der Waals surface area contributed by atoms with Gasteiger partial charge in [0.1, 0.15) is 12.3 Å². The Balaban J connectivity index is 1.95. The second-order valence-corrected chi connectivity index (χ2v) is 4.32. The number of hydrogen-bond donors (Lipinski definition) is 0. The lowest BCUT2D eigenvalue weighted by atomic mass is 10.1. The Morgan fingerprint density at radius 3 is 2.47 bits per heavy atom. The van der Waals surface area contributed by atoms with Gasteiger partial charge >= 0.3 is 6.18 Å². The van der Waals surface area contributed by atoms with Crippen molar-refractivity contribution < 1.29 is 22.8 Å². The summed E-state index contributed by atoms with van der Waals surface area (Å²) in [5.41, 5.74) is -1.02. The SMILES string of the molecule is O=C1CCN(C(=O)Cn2ccc(C(F)(F)F)n2)CC1. The van der Waals surface area contributed by atoms with Gasteiger partial charge in [0.05, 0.1) is 0 Å². The van der Waals surface area contributed by atoms with Gasteiger partial charge in [0.2, 0.25) is 5.91 Å². The normalized spacial score (nSPS) is 16.8. The van der Waals surface area contributed by atoms with Crippen molar-refractivity contribution in [2.24, 2.45) is 0 Å². The third-order valence-electron chi connectivity index (χ3n) is 2.90. The standard InChI is InChI=1S/C11H12F3N3O2/c12-11(13,14)9-3-6-17(15-9)7-10(19)16-4-1-8(18)2-5-16/h3,6H,1-2,4-5,7H2. The van der Waals surface area contributed by atoms with E-state index in [-0.39, 0.29) is 18.2 Å². The maximum Gasteiger partial charge on any atom is 0.435 e. The van der Waals surface area contributed by atoms with E-state index >= 15 is 0 Å². The summed E-state index contributed by atoms with van der Waals surface area (Å²) in [4.78, 5) is 24.3. The lowest BCUT2D eigenvalue weighted by Gasteiger charge is -2.25. The van der Waals surface area contributed by atoms with Gasteiger partial charge in [0.15, 0.2) is 5.69 Å². The molecule has 5 nitrogen and oxygen atoms in total. The Morgan fingerprint density at radius 2 is 1.95 bits per heavy atom. The lowest BCUT2D eigenvalue weighted by Crippen LogP contribution is -2.40. The number of halogens is 3. The molecule has 19 heavy (non-hydrogen) atoms. The van der Waals surface area contributed by atoms with E-state index in [0.29, 0.717) is 25.9 Å². The molecule has 1 amide bonds. The van der Waals surface area contributed by atoms with Crippen molar-refractivity contribution in [3.05, 3.63) is 18.0 Å². The Labute approximate surface area is 107 Å². The smallest absolute Gasteiger partial charge is 0.340 e. The molecule has 2 heterocycles. The number of nitrogens with zero attached hydrogens (tertiary/aromatic N) is 3. The summed E-state index contributed by atoms with van der Waals surface area (Å²) in [5, 5.41) is 3.31. The van der Waals surface area contributed by atoms with Crippen LogP contribution in [-0.2, 0) is 22.3 Å². The Kier molecular flexibility index (Phi) is 3.59. The number of likely N-dealkylation sites (tertiary alicyclic amines) is 1. The van der Waals surface area contributed by atoms with E-state index in [1.54, 1.807) is 0 Å². The van der Waals surface area contributed by atoms with Crippen LogP contribution in [0.3, 0.4) is 0 Å². The molecule has 0 unspecified atom stereocenters. The van der Waals surface area contributed by atoms with E-state index in [0.717, 1.165) is 16.9 Å². The summed E-state index contributed by atoms with van der Waals surface area (Å²) in [6.07, 6.45) is -2.78. The molecule has 0 N–H and O–H groups in total. The van der Waals surface area contributed by atoms with Gasteiger partial charge in [-0.1, -0.05) is 0 Å². The fourth-order valence-corrected chi connectivity index (χ4v) is 1.85. The number of amides is 1. The predicted octanol–water partition coefficient (Wildman–Crippen LogP) is 1.09. The van der Waals surface area contributed by atoms with Crippen LogP contribution in [0.5, 0.6) is 0 Å². The Hall–Kier alpha value is -1.86. The van der Waals surface area contributed by atoms with Gasteiger partial charge in [0, 0.05) is 32.1 Å². The number of rotatable bonds is 2. The van der Waals surface area contributed by atoms with Gasteiger partial charge in [-0.25, -0.2) is 0 Å². The van der Waals surface area contributed by atoms with Crippen LogP contribution >= 0.6 is 0 Å². The number of piperidine rings is 1. The highest BCUT2D eigenvalue weighted by Crippen LogP contribution is 2.27. The number of alkyl halides is 3. The molecule has 1 aromatic heterocycles. The fraction of sp³-hybridized carbons (Fsp3) is 0.545. The van der Waals surface area contributed by atoms with E-state index in [4.69, 9.17) is 0 Å². The number of aromatic nitrogens is 2. The number of ketones is 1. The van der Waals surface area contributed by atoms with Crippen LogP contribution in [0.4, 0.5) is 13.2 Å². The topological polar surface area (TPSA) is 55.2 Å². The second kappa shape index (κ2) is 5.02. The van der Waals surface area contributed by atoms with E-state index in [2.05, 4.69) is 5.10 Å². The van der Waals surface area contributed by atoms with E-state index in [1.165, 1.54) is 4.90 Å². The highest BCUT2D eigenvalue weighted by Gasteiger charge is 2.33. The lowest BCUT2D eigenvalue weighted by molar-refractivity contribution is -0.142. The molecule has 0 saturated carbocycles. The maximum absolute atomic E-state index is 12.3. The van der Waals surface area contributed by atoms with Gasteiger partial charge in [-0.05, 0) is 6.07 Å². The minimum atomic E-state index is -4.51. The van der Waals surface area contributed by atoms with Crippen molar-refractivity contribution in [1.29, 1.82) is 0 Å². The first-order chi connectivity index (χ1) is 8.86. The quantitative estimate of drug-likeness (QED) is 0.812. The molecular weight excluding hydrogens is 263 g/mol. The molecule has 8 heteroatoms. The molecule has 0 atom stereocenters. The molecule has 1 aromatic rings. The number of carbonyl (C=O) groups is 2. The summed E-state index contributed by atoms with van der Waals surface area (Å²) < 4.78 is 37.9. The molecule has 2 rings (SSSR count). The van der Waals surface area contributed by atoms with Crippen LogP contribution in [-0.4, -0.2) is 39.5 Å². The van der Waals surface area contributed by atoms with E-state index in [9.17, 15) is 22.8 Å². The molecule has 0 bridgehead atoms. The zero-order chi connectivity index (χ0) is 14.0.